The van der Waals surface area contributed by atoms with E-state index < -0.39 is 0 Å². The van der Waals surface area contributed by atoms with Gasteiger partial charge in [-0.05, 0) is 56.2 Å². The molecule has 1 aromatic rings. The minimum absolute atomic E-state index is 0.0689. The lowest BCUT2D eigenvalue weighted by molar-refractivity contribution is -0.117. The van der Waals surface area contributed by atoms with Gasteiger partial charge in [0.15, 0.2) is 0 Å². The van der Waals surface area contributed by atoms with Crippen molar-refractivity contribution in [3.05, 3.63) is 23.8 Å². The van der Waals surface area contributed by atoms with Gasteiger partial charge >= 0.3 is 0 Å². The van der Waals surface area contributed by atoms with Gasteiger partial charge in [-0.2, -0.15) is 0 Å². The number of hydrogen-bond acceptors (Lipinski definition) is 3. The van der Waals surface area contributed by atoms with Crippen LogP contribution in [-0.2, 0) is 9.59 Å². The van der Waals surface area contributed by atoms with Crippen molar-refractivity contribution in [2.45, 2.75) is 58.0 Å². The molecule has 0 aromatic heterocycles. The number of anilines is 2. The van der Waals surface area contributed by atoms with Gasteiger partial charge in [-0.15, -0.1) is 0 Å². The molecule has 1 aromatic carbocycles. The van der Waals surface area contributed by atoms with Gasteiger partial charge in [0.2, 0.25) is 11.8 Å². The molecule has 0 radical (unpaired) electrons. The summed E-state index contributed by atoms with van der Waals surface area (Å²) in [6.45, 7) is 3.39. The van der Waals surface area contributed by atoms with Crippen LogP contribution in [0.15, 0.2) is 18.2 Å². The molecule has 5 heteroatoms. The molecule has 2 aliphatic rings. The van der Waals surface area contributed by atoms with Crippen LogP contribution in [0.4, 0.5) is 11.4 Å². The fraction of sp³-hybridized carbons (Fsp3) is 0.556. The van der Waals surface area contributed by atoms with Gasteiger partial charge in [-0.25, -0.2) is 0 Å². The van der Waals surface area contributed by atoms with Gasteiger partial charge in [-0.1, -0.05) is 6.07 Å². The summed E-state index contributed by atoms with van der Waals surface area (Å²) >= 11 is 0. The zero-order valence-corrected chi connectivity index (χ0v) is 13.8. The average Bonchev–Trinajstić information content (AvgIpc) is 2.82. The van der Waals surface area contributed by atoms with Crippen molar-refractivity contribution in [3.8, 4) is 0 Å². The summed E-state index contributed by atoms with van der Waals surface area (Å²) in [5.74, 6) is 0.439. The second-order valence-corrected chi connectivity index (χ2v) is 6.89. The fourth-order valence-electron chi connectivity index (χ4n) is 3.90. The fourth-order valence-corrected chi connectivity index (χ4v) is 3.90. The highest BCUT2D eigenvalue weighted by Crippen LogP contribution is 2.33. The maximum Gasteiger partial charge on any atom is 0.224 e. The molecular weight excluding hydrogens is 290 g/mol. The molecule has 3 N–H and O–H groups in total. The second kappa shape index (κ2) is 6.71. The minimum Gasteiger partial charge on any atom is -0.326 e. The summed E-state index contributed by atoms with van der Waals surface area (Å²) in [6.07, 6.45) is 5.30. The van der Waals surface area contributed by atoms with E-state index in [0.29, 0.717) is 24.4 Å². The van der Waals surface area contributed by atoms with Crippen molar-refractivity contribution < 1.29 is 9.59 Å². The predicted octanol–water partition coefficient (Wildman–Crippen LogP) is 2.81. The molecule has 2 aliphatic heterocycles. The van der Waals surface area contributed by atoms with Crippen LogP contribution in [0.3, 0.4) is 0 Å². The summed E-state index contributed by atoms with van der Waals surface area (Å²) in [7, 11) is 0. The quantitative estimate of drug-likeness (QED) is 0.800. The van der Waals surface area contributed by atoms with Gasteiger partial charge in [0.1, 0.15) is 0 Å². The Kier molecular flexibility index (Phi) is 4.66. The first kappa shape index (κ1) is 16.0. The molecule has 0 aliphatic carbocycles. The van der Waals surface area contributed by atoms with Crippen molar-refractivity contribution in [1.82, 2.24) is 5.32 Å². The minimum atomic E-state index is -0.109. The lowest BCUT2D eigenvalue weighted by Gasteiger charge is -2.28. The van der Waals surface area contributed by atoms with Crippen molar-refractivity contribution >= 4 is 23.2 Å². The third kappa shape index (κ3) is 3.91. The van der Waals surface area contributed by atoms with Crippen LogP contribution in [-0.4, -0.2) is 23.9 Å². The standard InChI is InChI=1S/C18H25N3O2/c1-11-16(19-12(2)22)4-3-5-17(11)21-18(23)10-13-8-14-6-7-15(9-13)20-14/h3-5,13-15,20H,6-10H2,1-2H3,(H,19,22)(H,21,23). The van der Waals surface area contributed by atoms with Gasteiger partial charge in [0, 0.05) is 36.8 Å². The largest absolute Gasteiger partial charge is 0.326 e. The molecule has 0 spiro atoms. The summed E-state index contributed by atoms with van der Waals surface area (Å²) in [5, 5.41) is 9.41. The molecule has 2 fully saturated rings. The third-order valence-electron chi connectivity index (χ3n) is 4.96. The van der Waals surface area contributed by atoms with E-state index in [2.05, 4.69) is 16.0 Å². The molecule has 0 saturated carbocycles. The Hall–Kier alpha value is -1.88. The molecule has 2 atom stereocenters. The van der Waals surface area contributed by atoms with Crippen LogP contribution in [0.1, 0.15) is 44.6 Å². The molecule has 3 rings (SSSR count). The molecule has 124 valence electrons. The highest BCUT2D eigenvalue weighted by molar-refractivity contribution is 5.95. The topological polar surface area (TPSA) is 70.2 Å². The van der Waals surface area contributed by atoms with Crippen LogP contribution in [0.5, 0.6) is 0 Å². The van der Waals surface area contributed by atoms with E-state index in [1.807, 2.05) is 25.1 Å². The molecule has 5 nitrogen and oxygen atoms in total. The Morgan fingerprint density at radius 1 is 1.13 bits per heavy atom. The summed E-state index contributed by atoms with van der Waals surface area (Å²) < 4.78 is 0. The van der Waals surface area contributed by atoms with Crippen LogP contribution in [0.25, 0.3) is 0 Å². The maximum atomic E-state index is 12.4. The van der Waals surface area contributed by atoms with Crippen molar-refractivity contribution in [3.63, 3.8) is 0 Å². The number of fused-ring (bicyclic) bond motifs is 2. The molecule has 2 saturated heterocycles. The Bertz CT molecular complexity index is 602. The third-order valence-corrected chi connectivity index (χ3v) is 4.96. The van der Waals surface area contributed by atoms with Crippen LogP contribution >= 0.6 is 0 Å². The molecule has 23 heavy (non-hydrogen) atoms. The number of nitrogens with one attached hydrogen (secondary N) is 3. The van der Waals surface area contributed by atoms with Crippen molar-refractivity contribution in [2.75, 3.05) is 10.6 Å². The van der Waals surface area contributed by atoms with E-state index in [9.17, 15) is 9.59 Å². The number of hydrogen-bond donors (Lipinski definition) is 3. The Morgan fingerprint density at radius 3 is 2.35 bits per heavy atom. The smallest absolute Gasteiger partial charge is 0.224 e. The van der Waals surface area contributed by atoms with E-state index in [0.717, 1.165) is 29.8 Å². The highest BCUT2D eigenvalue weighted by Gasteiger charge is 2.34. The van der Waals surface area contributed by atoms with Crippen molar-refractivity contribution in [1.29, 1.82) is 0 Å². The SMILES string of the molecule is CC(=O)Nc1cccc(NC(=O)CC2CC3CCC(C2)N3)c1C. The Labute approximate surface area is 137 Å². The van der Waals surface area contributed by atoms with Crippen molar-refractivity contribution in [2.24, 2.45) is 5.92 Å². The summed E-state index contributed by atoms with van der Waals surface area (Å²) in [5.41, 5.74) is 2.41. The Balaban J connectivity index is 1.60. The zero-order chi connectivity index (χ0) is 16.4. The first-order valence-corrected chi connectivity index (χ1v) is 8.44. The first-order chi connectivity index (χ1) is 11.0. The van der Waals surface area contributed by atoms with Gasteiger partial charge in [0.05, 0.1) is 0 Å². The van der Waals surface area contributed by atoms with Crippen LogP contribution in [0.2, 0.25) is 0 Å². The normalized spacial score (nSPS) is 25.9. The van der Waals surface area contributed by atoms with Gasteiger partial charge in [-0.3, -0.25) is 9.59 Å². The number of benzene rings is 1. The number of carbonyl (C=O) groups excluding carboxylic acids is 2. The predicted molar refractivity (Wildman–Crippen MR) is 91.4 cm³/mol. The number of carbonyl (C=O) groups is 2. The monoisotopic (exact) mass is 315 g/mol. The van der Waals surface area contributed by atoms with Crippen LogP contribution < -0.4 is 16.0 Å². The average molecular weight is 315 g/mol. The maximum absolute atomic E-state index is 12.4. The van der Waals surface area contributed by atoms with E-state index >= 15 is 0 Å². The van der Waals surface area contributed by atoms with Gasteiger partial charge in [0.25, 0.3) is 0 Å². The van der Waals surface area contributed by atoms with E-state index in [1.54, 1.807) is 0 Å². The van der Waals surface area contributed by atoms with Crippen LogP contribution in [0, 0.1) is 12.8 Å². The van der Waals surface area contributed by atoms with E-state index in [1.165, 1.54) is 19.8 Å². The highest BCUT2D eigenvalue weighted by atomic mass is 16.2. The summed E-state index contributed by atoms with van der Waals surface area (Å²) in [6, 6.07) is 6.79. The number of piperidine rings is 1. The molecule has 2 bridgehead atoms. The molecule has 2 heterocycles. The zero-order valence-electron chi connectivity index (χ0n) is 13.8. The summed E-state index contributed by atoms with van der Waals surface area (Å²) in [4.78, 5) is 23.6. The van der Waals surface area contributed by atoms with Gasteiger partial charge < -0.3 is 16.0 Å². The molecule has 2 unspecified atom stereocenters. The van der Waals surface area contributed by atoms with E-state index in [4.69, 9.17) is 0 Å². The second-order valence-electron chi connectivity index (χ2n) is 6.89. The number of amides is 2. The number of rotatable bonds is 4. The lowest BCUT2D eigenvalue weighted by atomic mass is 9.89. The molecule has 2 amide bonds. The van der Waals surface area contributed by atoms with E-state index in [-0.39, 0.29) is 11.8 Å². The Morgan fingerprint density at radius 2 is 1.74 bits per heavy atom. The molecular formula is C18H25N3O2. The lowest BCUT2D eigenvalue weighted by Crippen LogP contribution is -2.39. The first-order valence-electron chi connectivity index (χ1n) is 8.44.